The van der Waals surface area contributed by atoms with Crippen LogP contribution in [0.1, 0.15) is 55.0 Å². The van der Waals surface area contributed by atoms with E-state index in [1.54, 1.807) is 36.4 Å². The first kappa shape index (κ1) is 25.7. The van der Waals surface area contributed by atoms with E-state index < -0.39 is 10.7 Å². The third-order valence-electron chi connectivity index (χ3n) is 6.65. The highest BCUT2D eigenvalue weighted by Gasteiger charge is 2.24. The lowest BCUT2D eigenvalue weighted by atomic mass is 9.88. The Morgan fingerprint density at radius 2 is 1.87 bits per heavy atom. The summed E-state index contributed by atoms with van der Waals surface area (Å²) in [7, 11) is 0. The second kappa shape index (κ2) is 11.2. The topological polar surface area (TPSA) is 99.6 Å². The molecule has 1 saturated carbocycles. The van der Waals surface area contributed by atoms with Crippen LogP contribution in [0.5, 0.6) is 5.75 Å². The SMILES string of the molecule is O=c1c2ccccc2nc(C2CCCCC2)n1N=Cc1cc(Br)cc([N+](=O)[O-])c1OCc1ccccc1F. The van der Waals surface area contributed by atoms with Crippen LogP contribution < -0.4 is 10.3 Å². The summed E-state index contributed by atoms with van der Waals surface area (Å²) in [6.45, 7) is -0.221. The maximum atomic E-state index is 14.2. The van der Waals surface area contributed by atoms with Gasteiger partial charge in [0.1, 0.15) is 18.2 Å². The van der Waals surface area contributed by atoms with Gasteiger partial charge in [0, 0.05) is 27.6 Å². The van der Waals surface area contributed by atoms with Crippen LogP contribution in [0.4, 0.5) is 10.1 Å². The molecule has 1 aliphatic carbocycles. The maximum Gasteiger partial charge on any atom is 0.312 e. The van der Waals surface area contributed by atoms with Crippen molar-refractivity contribution in [1.29, 1.82) is 0 Å². The molecule has 5 rings (SSSR count). The number of benzene rings is 3. The van der Waals surface area contributed by atoms with Gasteiger partial charge in [-0.3, -0.25) is 14.9 Å². The zero-order valence-corrected chi connectivity index (χ0v) is 21.9. The van der Waals surface area contributed by atoms with Crippen molar-refractivity contribution in [3.05, 3.63) is 108 Å². The molecule has 8 nitrogen and oxygen atoms in total. The first-order valence-electron chi connectivity index (χ1n) is 12.3. The van der Waals surface area contributed by atoms with Crippen LogP contribution >= 0.6 is 15.9 Å². The molecule has 0 spiro atoms. The van der Waals surface area contributed by atoms with Crippen LogP contribution in [-0.2, 0) is 6.61 Å². The molecule has 4 aromatic rings. The number of nitrogens with zero attached hydrogens (tertiary/aromatic N) is 4. The fourth-order valence-electron chi connectivity index (χ4n) is 4.75. The summed E-state index contributed by atoms with van der Waals surface area (Å²) in [4.78, 5) is 29.6. The number of hydrogen-bond donors (Lipinski definition) is 0. The van der Waals surface area contributed by atoms with E-state index >= 15 is 0 Å². The number of halogens is 2. The van der Waals surface area contributed by atoms with E-state index in [1.807, 2.05) is 12.1 Å². The molecule has 0 amide bonds. The minimum absolute atomic E-state index is 0.0758. The Hall–Kier alpha value is -3.92. The molecule has 0 saturated heterocycles. The molecule has 0 atom stereocenters. The van der Waals surface area contributed by atoms with E-state index in [4.69, 9.17) is 9.72 Å². The highest BCUT2D eigenvalue weighted by Crippen LogP contribution is 2.35. The number of aromatic nitrogens is 2. The van der Waals surface area contributed by atoms with Crippen LogP contribution in [0, 0.1) is 15.9 Å². The number of hydrogen-bond acceptors (Lipinski definition) is 6. The van der Waals surface area contributed by atoms with Crippen LogP contribution in [-0.4, -0.2) is 20.8 Å². The molecule has 3 aromatic carbocycles. The van der Waals surface area contributed by atoms with E-state index in [-0.39, 0.29) is 40.6 Å². The van der Waals surface area contributed by atoms with Gasteiger partial charge in [0.2, 0.25) is 5.75 Å². The second-order valence-corrected chi connectivity index (χ2v) is 10.1. The van der Waals surface area contributed by atoms with Crippen LogP contribution in [0.2, 0.25) is 0 Å². The molecular weight excluding hydrogens is 555 g/mol. The number of rotatable bonds is 7. The monoisotopic (exact) mass is 578 g/mol. The van der Waals surface area contributed by atoms with E-state index in [2.05, 4.69) is 21.0 Å². The summed E-state index contributed by atoms with van der Waals surface area (Å²) in [5, 5.41) is 16.8. The number of nitro benzene ring substituents is 1. The lowest BCUT2D eigenvalue weighted by Gasteiger charge is -2.22. The average Bonchev–Trinajstić information content (AvgIpc) is 2.92. The van der Waals surface area contributed by atoms with Gasteiger partial charge >= 0.3 is 5.69 Å². The highest BCUT2D eigenvalue weighted by atomic mass is 79.9. The van der Waals surface area contributed by atoms with Gasteiger partial charge in [-0.05, 0) is 37.1 Å². The normalized spacial score (nSPS) is 14.3. The minimum atomic E-state index is -0.573. The molecule has 10 heteroatoms. The Morgan fingerprint density at radius 3 is 2.63 bits per heavy atom. The molecule has 38 heavy (non-hydrogen) atoms. The largest absolute Gasteiger partial charge is 0.481 e. The first-order valence-corrected chi connectivity index (χ1v) is 13.1. The van der Waals surface area contributed by atoms with Crippen molar-refractivity contribution in [2.24, 2.45) is 5.10 Å². The van der Waals surface area contributed by atoms with Crippen molar-refractivity contribution < 1.29 is 14.1 Å². The molecule has 0 N–H and O–H groups in total. The summed E-state index contributed by atoms with van der Waals surface area (Å²) < 4.78 is 21.7. The molecule has 0 bridgehead atoms. The van der Waals surface area contributed by atoms with E-state index in [0.29, 0.717) is 21.2 Å². The van der Waals surface area contributed by atoms with Gasteiger partial charge in [-0.25, -0.2) is 9.37 Å². The molecule has 194 valence electrons. The number of para-hydroxylation sites is 1. The molecule has 1 aliphatic rings. The zero-order chi connectivity index (χ0) is 26.6. The van der Waals surface area contributed by atoms with Gasteiger partial charge < -0.3 is 4.74 Å². The molecular formula is C28H24BrFN4O4. The second-order valence-electron chi connectivity index (χ2n) is 9.16. The predicted octanol–water partition coefficient (Wildman–Crippen LogP) is 6.72. The Kier molecular flexibility index (Phi) is 7.59. The summed E-state index contributed by atoms with van der Waals surface area (Å²) in [5.74, 6) is 0.0920. The first-order chi connectivity index (χ1) is 18.4. The Labute approximate surface area is 226 Å². The fourth-order valence-corrected chi connectivity index (χ4v) is 5.21. The lowest BCUT2D eigenvalue weighted by molar-refractivity contribution is -0.386. The fraction of sp³-hybridized carbons (Fsp3) is 0.250. The highest BCUT2D eigenvalue weighted by molar-refractivity contribution is 9.10. The summed E-state index contributed by atoms with van der Waals surface area (Å²) >= 11 is 3.31. The van der Waals surface area contributed by atoms with Crippen molar-refractivity contribution >= 4 is 38.7 Å². The molecule has 0 aliphatic heterocycles. The van der Waals surface area contributed by atoms with Gasteiger partial charge in [-0.2, -0.15) is 9.78 Å². The number of ether oxygens (including phenoxy) is 1. The summed E-state index contributed by atoms with van der Waals surface area (Å²) in [5.41, 5.74) is 0.495. The standard InChI is InChI=1S/C28H24BrFN4O4/c29-21-14-20(26(25(15-21)34(36)37)38-17-19-10-4-6-12-23(19)30)16-31-33-27(18-8-2-1-3-9-18)32-24-13-7-5-11-22(24)28(33)35/h4-7,10-16,18H,1-3,8-9,17H2. The molecule has 1 fully saturated rings. The average molecular weight is 579 g/mol. The quantitative estimate of drug-likeness (QED) is 0.138. The summed E-state index contributed by atoms with van der Waals surface area (Å²) in [6.07, 6.45) is 6.39. The van der Waals surface area contributed by atoms with Gasteiger partial charge in [0.25, 0.3) is 5.56 Å². The number of nitro groups is 1. The van der Waals surface area contributed by atoms with E-state index in [0.717, 1.165) is 32.1 Å². The lowest BCUT2D eigenvalue weighted by Crippen LogP contribution is -2.25. The third-order valence-corrected chi connectivity index (χ3v) is 7.11. The Bertz CT molecular complexity index is 1600. The van der Waals surface area contributed by atoms with Crippen LogP contribution in [0.15, 0.2) is 75.0 Å². The van der Waals surface area contributed by atoms with Gasteiger partial charge in [-0.15, -0.1) is 0 Å². The summed E-state index contributed by atoms with van der Waals surface area (Å²) in [6, 6.07) is 16.1. The van der Waals surface area contributed by atoms with Gasteiger partial charge in [0.05, 0.1) is 22.0 Å². The Balaban J connectivity index is 1.61. The van der Waals surface area contributed by atoms with Crippen molar-refractivity contribution in [1.82, 2.24) is 9.66 Å². The maximum absolute atomic E-state index is 14.2. The molecule has 0 radical (unpaired) electrons. The van der Waals surface area contributed by atoms with E-state index in [1.165, 1.54) is 23.0 Å². The van der Waals surface area contributed by atoms with Crippen LogP contribution in [0.3, 0.4) is 0 Å². The minimum Gasteiger partial charge on any atom is -0.481 e. The predicted molar refractivity (Wildman–Crippen MR) is 146 cm³/mol. The van der Waals surface area contributed by atoms with Crippen molar-refractivity contribution in [2.75, 3.05) is 0 Å². The van der Waals surface area contributed by atoms with Crippen molar-refractivity contribution in [3.63, 3.8) is 0 Å². The van der Waals surface area contributed by atoms with E-state index in [9.17, 15) is 19.3 Å². The zero-order valence-electron chi connectivity index (χ0n) is 20.3. The third kappa shape index (κ3) is 5.35. The van der Waals surface area contributed by atoms with Crippen molar-refractivity contribution in [2.45, 2.75) is 44.6 Å². The molecule has 0 unspecified atom stereocenters. The van der Waals surface area contributed by atoms with Gasteiger partial charge in [-0.1, -0.05) is 65.5 Å². The molecule has 1 aromatic heterocycles. The Morgan fingerprint density at radius 1 is 1.13 bits per heavy atom. The molecule has 1 heterocycles. The number of fused-ring (bicyclic) bond motifs is 1. The smallest absolute Gasteiger partial charge is 0.312 e. The van der Waals surface area contributed by atoms with Crippen molar-refractivity contribution in [3.8, 4) is 5.75 Å². The van der Waals surface area contributed by atoms with Crippen LogP contribution in [0.25, 0.3) is 10.9 Å². The van der Waals surface area contributed by atoms with Gasteiger partial charge in [0.15, 0.2) is 0 Å².